The molecule has 0 aromatic heterocycles. The topological polar surface area (TPSA) is 26.3 Å². The molecule has 19 heavy (non-hydrogen) atoms. The van der Waals surface area contributed by atoms with Crippen molar-refractivity contribution < 1.29 is 9.53 Å². The first-order valence-corrected chi connectivity index (χ1v) is 7.01. The van der Waals surface area contributed by atoms with E-state index < -0.39 is 0 Å². The van der Waals surface area contributed by atoms with E-state index in [1.54, 1.807) is 0 Å². The minimum absolute atomic E-state index is 0.00521. The van der Waals surface area contributed by atoms with Gasteiger partial charge in [0.05, 0.1) is 12.2 Å². The summed E-state index contributed by atoms with van der Waals surface area (Å²) in [5, 5.41) is 0. The minimum Gasteiger partial charge on any atom is -0.492 e. The van der Waals surface area contributed by atoms with Gasteiger partial charge in [0.15, 0.2) is 5.78 Å². The Morgan fingerprint density at radius 1 is 1.21 bits per heavy atom. The lowest BCUT2D eigenvalue weighted by Gasteiger charge is -2.09. The van der Waals surface area contributed by atoms with Gasteiger partial charge in [-0.1, -0.05) is 34.1 Å². The molecule has 0 fully saturated rings. The van der Waals surface area contributed by atoms with Gasteiger partial charge >= 0.3 is 0 Å². The Labute approximate surface area is 120 Å². The summed E-state index contributed by atoms with van der Waals surface area (Å²) in [4.78, 5) is 12.6. The van der Waals surface area contributed by atoms with E-state index in [4.69, 9.17) is 4.74 Å². The molecular weight excluding hydrogens is 304 g/mol. The van der Waals surface area contributed by atoms with Crippen molar-refractivity contribution in [3.05, 3.63) is 63.1 Å². The highest BCUT2D eigenvalue weighted by Crippen LogP contribution is 2.32. The van der Waals surface area contributed by atoms with E-state index in [0.717, 1.165) is 27.8 Å². The smallest absolute Gasteiger partial charge is 0.197 e. The third kappa shape index (κ3) is 2.19. The van der Waals surface area contributed by atoms with Gasteiger partial charge in [-0.25, -0.2) is 0 Å². The molecule has 0 N–H and O–H groups in total. The fraction of sp³-hybridized carbons (Fsp3) is 0.188. The number of para-hydroxylation sites is 1. The molecule has 0 bridgehead atoms. The molecule has 0 spiro atoms. The number of carbonyl (C=O) groups excluding carboxylic acids is 1. The van der Waals surface area contributed by atoms with Crippen molar-refractivity contribution in [1.29, 1.82) is 0 Å². The van der Waals surface area contributed by atoms with E-state index in [-0.39, 0.29) is 5.78 Å². The van der Waals surface area contributed by atoms with Gasteiger partial charge < -0.3 is 4.74 Å². The van der Waals surface area contributed by atoms with Crippen LogP contribution >= 0.6 is 15.9 Å². The number of aryl methyl sites for hydroxylation is 1. The molecule has 0 unspecified atom stereocenters. The number of hydrogen-bond acceptors (Lipinski definition) is 2. The fourth-order valence-electron chi connectivity index (χ4n) is 2.34. The molecule has 3 heteroatoms. The standard InChI is InChI=1S/C16H13BrO2/c1-10-5-6-12(14(17)9-10)15(18)13-4-2-3-11-7-8-19-16(11)13/h2-6,9H,7-8H2,1H3. The second kappa shape index (κ2) is 4.82. The zero-order valence-corrected chi connectivity index (χ0v) is 12.2. The molecule has 1 aliphatic heterocycles. The summed E-state index contributed by atoms with van der Waals surface area (Å²) in [7, 11) is 0. The zero-order chi connectivity index (χ0) is 13.4. The van der Waals surface area contributed by atoms with Crippen molar-refractivity contribution in [3.8, 4) is 5.75 Å². The highest BCUT2D eigenvalue weighted by Gasteiger charge is 2.22. The maximum atomic E-state index is 12.6. The summed E-state index contributed by atoms with van der Waals surface area (Å²) in [6.45, 7) is 2.66. The Kier molecular flexibility index (Phi) is 3.15. The molecule has 2 aromatic carbocycles. The third-order valence-electron chi connectivity index (χ3n) is 3.33. The van der Waals surface area contributed by atoms with Crippen LogP contribution in [0.4, 0.5) is 0 Å². The monoisotopic (exact) mass is 316 g/mol. The van der Waals surface area contributed by atoms with Crippen molar-refractivity contribution >= 4 is 21.7 Å². The van der Waals surface area contributed by atoms with Gasteiger partial charge in [0.1, 0.15) is 5.75 Å². The highest BCUT2D eigenvalue weighted by molar-refractivity contribution is 9.10. The van der Waals surface area contributed by atoms with Crippen LogP contribution in [-0.4, -0.2) is 12.4 Å². The third-order valence-corrected chi connectivity index (χ3v) is 3.98. The first kappa shape index (κ1) is 12.4. The van der Waals surface area contributed by atoms with Crippen molar-refractivity contribution in [3.63, 3.8) is 0 Å². The van der Waals surface area contributed by atoms with Gasteiger partial charge in [0.2, 0.25) is 0 Å². The predicted molar refractivity (Wildman–Crippen MR) is 78.0 cm³/mol. The first-order chi connectivity index (χ1) is 9.16. The molecule has 0 aliphatic carbocycles. The number of benzene rings is 2. The van der Waals surface area contributed by atoms with Gasteiger partial charge in [-0.2, -0.15) is 0 Å². The summed E-state index contributed by atoms with van der Waals surface area (Å²) in [5.41, 5.74) is 3.57. The van der Waals surface area contributed by atoms with Crippen LogP contribution in [0.3, 0.4) is 0 Å². The summed E-state index contributed by atoms with van der Waals surface area (Å²) < 4.78 is 6.43. The average molecular weight is 317 g/mol. The Bertz CT molecular complexity index is 662. The van der Waals surface area contributed by atoms with E-state index in [1.807, 2.05) is 43.3 Å². The van der Waals surface area contributed by atoms with Crippen molar-refractivity contribution in [2.75, 3.05) is 6.61 Å². The lowest BCUT2D eigenvalue weighted by Crippen LogP contribution is -2.04. The van der Waals surface area contributed by atoms with E-state index in [0.29, 0.717) is 17.7 Å². The fourth-order valence-corrected chi connectivity index (χ4v) is 3.02. The van der Waals surface area contributed by atoms with Crippen LogP contribution < -0.4 is 4.74 Å². The van der Waals surface area contributed by atoms with Crippen LogP contribution in [0.2, 0.25) is 0 Å². The minimum atomic E-state index is 0.00521. The molecule has 3 rings (SSSR count). The molecular formula is C16H13BrO2. The van der Waals surface area contributed by atoms with Crippen LogP contribution in [0.15, 0.2) is 40.9 Å². The second-order valence-corrected chi connectivity index (χ2v) is 5.56. The number of ether oxygens (including phenoxy) is 1. The number of carbonyl (C=O) groups is 1. The largest absolute Gasteiger partial charge is 0.492 e. The van der Waals surface area contributed by atoms with Crippen molar-refractivity contribution in [2.45, 2.75) is 13.3 Å². The Balaban J connectivity index is 2.08. The molecule has 2 aromatic rings. The first-order valence-electron chi connectivity index (χ1n) is 6.22. The van der Waals surface area contributed by atoms with Gasteiger partial charge in [-0.05, 0) is 36.2 Å². The van der Waals surface area contributed by atoms with Crippen LogP contribution in [0.5, 0.6) is 5.75 Å². The molecule has 1 aliphatic rings. The number of hydrogen-bond donors (Lipinski definition) is 0. The van der Waals surface area contributed by atoms with Crippen LogP contribution in [-0.2, 0) is 6.42 Å². The Morgan fingerprint density at radius 3 is 2.84 bits per heavy atom. The van der Waals surface area contributed by atoms with Gasteiger partial charge in [-0.15, -0.1) is 0 Å². The number of halogens is 1. The molecule has 1 heterocycles. The predicted octanol–water partition coefficient (Wildman–Crippen LogP) is 3.92. The van der Waals surface area contributed by atoms with Gasteiger partial charge in [-0.3, -0.25) is 4.79 Å². The summed E-state index contributed by atoms with van der Waals surface area (Å²) >= 11 is 3.46. The quantitative estimate of drug-likeness (QED) is 0.785. The maximum Gasteiger partial charge on any atom is 0.197 e. The molecule has 0 amide bonds. The van der Waals surface area contributed by atoms with Crippen LogP contribution in [0, 0.1) is 6.92 Å². The zero-order valence-electron chi connectivity index (χ0n) is 10.6. The van der Waals surface area contributed by atoms with Gasteiger partial charge in [0.25, 0.3) is 0 Å². The molecule has 0 radical (unpaired) electrons. The number of fused-ring (bicyclic) bond motifs is 1. The highest BCUT2D eigenvalue weighted by atomic mass is 79.9. The van der Waals surface area contributed by atoms with E-state index in [2.05, 4.69) is 15.9 Å². The van der Waals surface area contributed by atoms with Crippen LogP contribution in [0.25, 0.3) is 0 Å². The summed E-state index contributed by atoms with van der Waals surface area (Å²) in [5.74, 6) is 0.755. The van der Waals surface area contributed by atoms with Crippen molar-refractivity contribution in [1.82, 2.24) is 0 Å². The molecule has 2 nitrogen and oxygen atoms in total. The average Bonchev–Trinajstić information content (AvgIpc) is 2.86. The summed E-state index contributed by atoms with van der Waals surface area (Å²) in [6, 6.07) is 11.5. The van der Waals surface area contributed by atoms with E-state index in [9.17, 15) is 4.79 Å². The lowest BCUT2D eigenvalue weighted by molar-refractivity contribution is 0.103. The van der Waals surface area contributed by atoms with Crippen LogP contribution in [0.1, 0.15) is 27.0 Å². The molecule has 96 valence electrons. The Hall–Kier alpha value is -1.61. The maximum absolute atomic E-state index is 12.6. The second-order valence-electron chi connectivity index (χ2n) is 4.70. The molecule has 0 saturated heterocycles. The normalized spacial score (nSPS) is 12.9. The van der Waals surface area contributed by atoms with Gasteiger partial charge in [0, 0.05) is 16.5 Å². The number of rotatable bonds is 2. The lowest BCUT2D eigenvalue weighted by atomic mass is 9.99. The number of ketones is 1. The van der Waals surface area contributed by atoms with E-state index in [1.165, 1.54) is 0 Å². The molecule has 0 saturated carbocycles. The van der Waals surface area contributed by atoms with Crippen molar-refractivity contribution in [2.24, 2.45) is 0 Å². The summed E-state index contributed by atoms with van der Waals surface area (Å²) in [6.07, 6.45) is 0.880. The Morgan fingerprint density at radius 2 is 2.05 bits per heavy atom. The van der Waals surface area contributed by atoms with E-state index >= 15 is 0 Å². The SMILES string of the molecule is Cc1ccc(C(=O)c2cccc3c2OCC3)c(Br)c1. The molecule has 0 atom stereocenters.